The summed E-state index contributed by atoms with van der Waals surface area (Å²) < 4.78 is 0. The predicted octanol–water partition coefficient (Wildman–Crippen LogP) is -1.83. The van der Waals surface area contributed by atoms with Crippen LogP contribution >= 0.6 is 0 Å². The van der Waals surface area contributed by atoms with Gasteiger partial charge in [0, 0.05) is 0 Å². The fourth-order valence-corrected chi connectivity index (χ4v) is 2.72. The lowest BCUT2D eigenvalue weighted by Crippen LogP contribution is -2.55. The Morgan fingerprint density at radius 2 is 1.39 bits per heavy atom. The Morgan fingerprint density at radius 3 is 1.85 bits per heavy atom. The van der Waals surface area contributed by atoms with Gasteiger partial charge in [-0.1, -0.05) is 27.7 Å². The summed E-state index contributed by atoms with van der Waals surface area (Å²) in [6.07, 6.45) is -0.370. The van der Waals surface area contributed by atoms with E-state index < -0.39 is 78.6 Å². The third-order valence-corrected chi connectivity index (χ3v) is 4.50. The smallest absolute Gasteiger partial charge is 0.326 e. The summed E-state index contributed by atoms with van der Waals surface area (Å²) in [5.41, 5.74) is 5.75. The van der Waals surface area contributed by atoms with Crippen molar-refractivity contribution in [3.05, 3.63) is 0 Å². The lowest BCUT2D eigenvalue weighted by molar-refractivity contribution is -0.144. The van der Waals surface area contributed by atoms with E-state index in [1.165, 1.54) is 6.92 Å². The molecule has 0 aromatic carbocycles. The van der Waals surface area contributed by atoms with Crippen molar-refractivity contribution in [1.82, 2.24) is 21.3 Å². The van der Waals surface area contributed by atoms with Gasteiger partial charge in [-0.2, -0.15) is 0 Å². The van der Waals surface area contributed by atoms with E-state index in [1.54, 1.807) is 13.8 Å². The Bertz CT molecular complexity index is 740. The van der Waals surface area contributed by atoms with Gasteiger partial charge in [0.1, 0.15) is 18.1 Å². The molecule has 13 nitrogen and oxygen atoms in total. The van der Waals surface area contributed by atoms with Crippen LogP contribution in [0, 0.1) is 11.8 Å². The molecule has 0 aliphatic carbocycles. The fraction of sp³-hybridized carbons (Fsp3) is 0.700. The molecule has 0 aromatic heterocycles. The second-order valence-electron chi connectivity index (χ2n) is 8.47. The fourth-order valence-electron chi connectivity index (χ4n) is 2.72. The first-order chi connectivity index (χ1) is 15.1. The van der Waals surface area contributed by atoms with Crippen LogP contribution in [0.1, 0.15) is 47.5 Å². The molecule has 188 valence electrons. The molecule has 0 heterocycles. The van der Waals surface area contributed by atoms with Crippen LogP contribution in [0.2, 0.25) is 0 Å². The zero-order valence-electron chi connectivity index (χ0n) is 19.5. The molecular weight excluding hydrogens is 438 g/mol. The average Bonchev–Trinajstić information content (AvgIpc) is 2.67. The quantitative estimate of drug-likeness (QED) is 0.151. The number of carboxylic acid groups (broad SMARTS) is 2. The molecule has 0 unspecified atom stereocenters. The van der Waals surface area contributed by atoms with Crippen LogP contribution in [0.3, 0.4) is 0 Å². The van der Waals surface area contributed by atoms with Crippen LogP contribution in [0.25, 0.3) is 0 Å². The zero-order valence-corrected chi connectivity index (χ0v) is 19.5. The van der Waals surface area contributed by atoms with Gasteiger partial charge in [0.15, 0.2) is 0 Å². The van der Waals surface area contributed by atoms with Gasteiger partial charge in [0.25, 0.3) is 0 Å². The van der Waals surface area contributed by atoms with Gasteiger partial charge in [0.05, 0.1) is 19.0 Å². The summed E-state index contributed by atoms with van der Waals surface area (Å²) in [6.45, 7) is 7.68. The number of aliphatic carboxylic acids is 2. The van der Waals surface area contributed by atoms with E-state index in [4.69, 9.17) is 10.8 Å². The van der Waals surface area contributed by atoms with Gasteiger partial charge in [-0.25, -0.2) is 4.79 Å². The molecule has 0 rings (SSSR count). The largest absolute Gasteiger partial charge is 0.481 e. The van der Waals surface area contributed by atoms with E-state index in [2.05, 4.69) is 21.3 Å². The van der Waals surface area contributed by atoms with Crippen molar-refractivity contribution in [2.45, 2.75) is 71.6 Å². The number of hydrogen-bond donors (Lipinski definition) is 7. The molecule has 0 spiro atoms. The Kier molecular flexibility index (Phi) is 12.7. The van der Waals surface area contributed by atoms with Crippen LogP contribution in [0.4, 0.5) is 0 Å². The van der Waals surface area contributed by atoms with Gasteiger partial charge in [-0.3, -0.25) is 24.0 Å². The molecule has 4 atom stereocenters. The lowest BCUT2D eigenvalue weighted by Gasteiger charge is -2.22. The highest BCUT2D eigenvalue weighted by Gasteiger charge is 2.30. The van der Waals surface area contributed by atoms with Crippen molar-refractivity contribution in [2.75, 3.05) is 6.54 Å². The van der Waals surface area contributed by atoms with Gasteiger partial charge in [-0.15, -0.1) is 0 Å². The molecule has 0 saturated heterocycles. The number of rotatable bonds is 14. The zero-order chi connectivity index (χ0) is 25.9. The third-order valence-electron chi connectivity index (χ3n) is 4.50. The summed E-state index contributed by atoms with van der Waals surface area (Å²) in [6, 6.07) is -4.63. The van der Waals surface area contributed by atoms with Crippen LogP contribution in [0.15, 0.2) is 0 Å². The maximum Gasteiger partial charge on any atom is 0.326 e. The van der Waals surface area contributed by atoms with E-state index in [0.717, 1.165) is 0 Å². The summed E-state index contributed by atoms with van der Waals surface area (Å²) in [5.74, 6) is -6.10. The molecule has 13 heteroatoms. The van der Waals surface area contributed by atoms with Crippen LogP contribution in [-0.2, 0) is 28.8 Å². The number of hydrogen-bond acceptors (Lipinski definition) is 7. The summed E-state index contributed by atoms with van der Waals surface area (Å²) >= 11 is 0. The molecular formula is C20H35N5O8. The van der Waals surface area contributed by atoms with Crippen LogP contribution in [0.5, 0.6) is 0 Å². The molecule has 0 bridgehead atoms. The number of amides is 4. The average molecular weight is 474 g/mol. The van der Waals surface area contributed by atoms with E-state index in [1.807, 2.05) is 13.8 Å². The molecule has 8 N–H and O–H groups in total. The minimum Gasteiger partial charge on any atom is -0.481 e. The first kappa shape index (κ1) is 29.8. The van der Waals surface area contributed by atoms with Gasteiger partial charge in [0.2, 0.25) is 23.6 Å². The number of carboxylic acids is 2. The Hall–Kier alpha value is -3.22. The second kappa shape index (κ2) is 14.0. The van der Waals surface area contributed by atoms with E-state index in [9.17, 15) is 33.9 Å². The van der Waals surface area contributed by atoms with Crippen LogP contribution in [-0.4, -0.2) is 76.5 Å². The van der Waals surface area contributed by atoms with Crippen molar-refractivity contribution >= 4 is 35.6 Å². The van der Waals surface area contributed by atoms with Gasteiger partial charge < -0.3 is 37.2 Å². The van der Waals surface area contributed by atoms with Crippen LogP contribution < -0.4 is 27.0 Å². The SMILES string of the molecule is CC(C)C[C@H](N)C(=O)N[C@@H](C)C(=O)NCC(=O)N[C@@H](CC(=O)O)C(=O)N[C@H](C(=O)O)C(C)C. The molecule has 0 aromatic rings. The number of nitrogens with one attached hydrogen (secondary N) is 4. The maximum absolute atomic E-state index is 12.3. The first-order valence-corrected chi connectivity index (χ1v) is 10.5. The molecule has 0 saturated carbocycles. The van der Waals surface area contributed by atoms with Crippen molar-refractivity contribution in [2.24, 2.45) is 17.6 Å². The maximum atomic E-state index is 12.3. The second-order valence-corrected chi connectivity index (χ2v) is 8.47. The Morgan fingerprint density at radius 1 is 0.818 bits per heavy atom. The first-order valence-electron chi connectivity index (χ1n) is 10.5. The Balaban J connectivity index is 4.88. The van der Waals surface area contributed by atoms with Crippen molar-refractivity contribution < 1.29 is 39.0 Å². The monoisotopic (exact) mass is 473 g/mol. The Labute approximate surface area is 192 Å². The van der Waals surface area contributed by atoms with Crippen molar-refractivity contribution in [1.29, 1.82) is 0 Å². The highest BCUT2D eigenvalue weighted by molar-refractivity contribution is 5.95. The third kappa shape index (κ3) is 11.8. The van der Waals surface area contributed by atoms with Gasteiger partial charge >= 0.3 is 11.9 Å². The normalized spacial score (nSPS) is 14.5. The molecule has 33 heavy (non-hydrogen) atoms. The van der Waals surface area contributed by atoms with Crippen molar-refractivity contribution in [3.8, 4) is 0 Å². The highest BCUT2D eigenvalue weighted by atomic mass is 16.4. The molecule has 0 radical (unpaired) electrons. The minimum absolute atomic E-state index is 0.181. The van der Waals surface area contributed by atoms with Crippen molar-refractivity contribution in [3.63, 3.8) is 0 Å². The predicted molar refractivity (Wildman–Crippen MR) is 117 cm³/mol. The van der Waals surface area contributed by atoms with E-state index in [-0.39, 0.29) is 5.92 Å². The highest BCUT2D eigenvalue weighted by Crippen LogP contribution is 2.04. The number of nitrogens with two attached hydrogens (primary N) is 1. The minimum atomic E-state index is -1.56. The number of carbonyl (C=O) groups excluding carboxylic acids is 4. The summed E-state index contributed by atoms with van der Waals surface area (Å²) in [7, 11) is 0. The van der Waals surface area contributed by atoms with Gasteiger partial charge in [-0.05, 0) is 25.2 Å². The molecule has 0 aliphatic heterocycles. The molecule has 0 aliphatic rings. The lowest BCUT2D eigenvalue weighted by atomic mass is 10.0. The topological polar surface area (TPSA) is 217 Å². The molecule has 0 fully saturated rings. The van der Waals surface area contributed by atoms with E-state index >= 15 is 0 Å². The number of carbonyl (C=O) groups is 6. The standard InChI is InChI=1S/C20H35N5O8/c1-9(2)6-12(21)18(30)23-11(5)17(29)22-8-14(26)24-13(7-15(27)28)19(31)25-16(10(3)4)20(32)33/h9-13,16H,6-8,21H2,1-5H3,(H,22,29)(H,23,30)(H,24,26)(H,25,31)(H,27,28)(H,32,33)/t11-,12-,13-,16-/m0/s1. The summed E-state index contributed by atoms with van der Waals surface area (Å²) in [5, 5.41) is 27.2. The summed E-state index contributed by atoms with van der Waals surface area (Å²) in [4.78, 5) is 70.9. The molecule has 4 amide bonds. The van der Waals surface area contributed by atoms with E-state index in [0.29, 0.717) is 6.42 Å².